The van der Waals surface area contributed by atoms with Crippen LogP contribution in [0.4, 0.5) is 0 Å². The Kier molecular flexibility index (Phi) is 6.64. The predicted molar refractivity (Wildman–Crippen MR) is 96.6 cm³/mol. The Balaban J connectivity index is 0.00000225. The molecule has 0 bridgehead atoms. The molecule has 1 saturated heterocycles. The second kappa shape index (κ2) is 8.51. The fourth-order valence-corrected chi connectivity index (χ4v) is 4.17. The molecule has 0 aliphatic carbocycles. The van der Waals surface area contributed by atoms with Crippen LogP contribution in [0.15, 0.2) is 52.0 Å². The van der Waals surface area contributed by atoms with Gasteiger partial charge in [0.2, 0.25) is 0 Å². The zero-order valence-corrected chi connectivity index (χ0v) is 15.2. The summed E-state index contributed by atoms with van der Waals surface area (Å²) in [6.45, 7) is 1.66. The molecule has 1 aromatic carbocycles. The van der Waals surface area contributed by atoms with E-state index in [0.717, 1.165) is 19.4 Å². The summed E-state index contributed by atoms with van der Waals surface area (Å²) in [6, 6.07) is 9.77. The number of amides is 1. The number of carbonyl (C=O) groups is 1. The maximum Gasteiger partial charge on any atom is 0.287 e. The van der Waals surface area contributed by atoms with E-state index < -0.39 is 9.84 Å². The van der Waals surface area contributed by atoms with Gasteiger partial charge in [-0.1, -0.05) is 18.2 Å². The lowest BCUT2D eigenvalue weighted by Gasteiger charge is -2.23. The van der Waals surface area contributed by atoms with Gasteiger partial charge in [-0.25, -0.2) is 8.42 Å². The van der Waals surface area contributed by atoms with Gasteiger partial charge < -0.3 is 15.1 Å². The Labute approximate surface area is 153 Å². The van der Waals surface area contributed by atoms with E-state index in [2.05, 4.69) is 10.6 Å². The summed E-state index contributed by atoms with van der Waals surface area (Å²) in [4.78, 5) is 12.6. The summed E-state index contributed by atoms with van der Waals surface area (Å²) < 4.78 is 30.2. The molecule has 1 atom stereocenters. The fourth-order valence-electron chi connectivity index (χ4n) is 2.79. The van der Waals surface area contributed by atoms with E-state index in [9.17, 15) is 13.2 Å². The molecule has 1 unspecified atom stereocenters. The van der Waals surface area contributed by atoms with Crippen molar-refractivity contribution in [3.63, 3.8) is 0 Å². The maximum atomic E-state index is 12.5. The van der Waals surface area contributed by atoms with E-state index in [1.54, 1.807) is 30.3 Å². The Morgan fingerprint density at radius 3 is 2.68 bits per heavy atom. The molecular formula is C17H21ClN2O4S. The van der Waals surface area contributed by atoms with Gasteiger partial charge in [0.1, 0.15) is 0 Å². The van der Waals surface area contributed by atoms with Gasteiger partial charge in [0, 0.05) is 18.2 Å². The Hall–Kier alpha value is -1.83. The van der Waals surface area contributed by atoms with Crippen LogP contribution in [0, 0.1) is 0 Å². The molecule has 25 heavy (non-hydrogen) atoms. The number of sulfone groups is 1. The van der Waals surface area contributed by atoms with Crippen molar-refractivity contribution in [1.29, 1.82) is 0 Å². The molecule has 136 valence electrons. The largest absolute Gasteiger partial charge is 0.459 e. The summed E-state index contributed by atoms with van der Waals surface area (Å²) in [5.74, 6) is -0.564. The molecule has 1 aliphatic rings. The van der Waals surface area contributed by atoms with Crippen molar-refractivity contribution >= 4 is 28.2 Å². The van der Waals surface area contributed by atoms with Gasteiger partial charge in [0.25, 0.3) is 5.91 Å². The van der Waals surface area contributed by atoms with Crippen molar-refractivity contribution < 1.29 is 17.6 Å². The average molecular weight is 385 g/mol. The van der Waals surface area contributed by atoms with Crippen molar-refractivity contribution in [2.45, 2.75) is 29.5 Å². The van der Waals surface area contributed by atoms with Crippen LogP contribution in [0.5, 0.6) is 0 Å². The van der Waals surface area contributed by atoms with Crippen LogP contribution in [-0.4, -0.2) is 33.5 Å². The SMILES string of the molecule is Cl.O=C(NC1CCCNC1)c1occc1CS(=O)(=O)c1ccccc1. The molecule has 1 aliphatic heterocycles. The number of benzene rings is 1. The van der Waals surface area contributed by atoms with Crippen LogP contribution in [-0.2, 0) is 15.6 Å². The minimum absolute atomic E-state index is 0. The van der Waals surface area contributed by atoms with Crippen LogP contribution in [0.1, 0.15) is 29.0 Å². The second-order valence-corrected chi connectivity index (χ2v) is 7.85. The minimum Gasteiger partial charge on any atom is -0.459 e. The van der Waals surface area contributed by atoms with Gasteiger partial charge in [-0.3, -0.25) is 4.79 Å². The van der Waals surface area contributed by atoms with Gasteiger partial charge >= 0.3 is 0 Å². The molecule has 2 heterocycles. The normalized spacial score (nSPS) is 17.5. The lowest BCUT2D eigenvalue weighted by Crippen LogP contribution is -2.45. The Morgan fingerprint density at radius 1 is 1.24 bits per heavy atom. The van der Waals surface area contributed by atoms with E-state index in [1.807, 2.05) is 0 Å². The van der Waals surface area contributed by atoms with Crippen molar-refractivity contribution in [2.75, 3.05) is 13.1 Å². The van der Waals surface area contributed by atoms with Crippen molar-refractivity contribution in [2.24, 2.45) is 0 Å². The number of hydrogen-bond acceptors (Lipinski definition) is 5. The van der Waals surface area contributed by atoms with E-state index in [1.165, 1.54) is 12.3 Å². The van der Waals surface area contributed by atoms with Crippen molar-refractivity contribution in [3.05, 3.63) is 54.0 Å². The number of carbonyl (C=O) groups excluding carboxylic acids is 1. The summed E-state index contributed by atoms with van der Waals surface area (Å²) >= 11 is 0. The topological polar surface area (TPSA) is 88.4 Å². The summed E-state index contributed by atoms with van der Waals surface area (Å²) in [5.41, 5.74) is 0.375. The van der Waals surface area contributed by atoms with Crippen LogP contribution in [0.3, 0.4) is 0 Å². The maximum absolute atomic E-state index is 12.5. The second-order valence-electron chi connectivity index (χ2n) is 5.86. The standard InChI is InChI=1S/C17H20N2O4S.ClH/c20-17(19-14-5-4-9-18-11-14)16-13(8-10-23-16)12-24(21,22)15-6-2-1-3-7-15;/h1-3,6-8,10,14,18H,4-5,9,11-12H2,(H,19,20);1H. The van der Waals surface area contributed by atoms with E-state index >= 15 is 0 Å². The number of furan rings is 1. The molecule has 1 aromatic heterocycles. The molecule has 0 saturated carbocycles. The van der Waals surface area contributed by atoms with Crippen LogP contribution in [0.2, 0.25) is 0 Å². The Morgan fingerprint density at radius 2 is 2.00 bits per heavy atom. The number of nitrogens with one attached hydrogen (secondary N) is 2. The summed E-state index contributed by atoms with van der Waals surface area (Å²) in [5, 5.41) is 6.12. The highest BCUT2D eigenvalue weighted by molar-refractivity contribution is 7.90. The zero-order valence-electron chi connectivity index (χ0n) is 13.6. The molecule has 6 nitrogen and oxygen atoms in total. The third-order valence-corrected chi connectivity index (χ3v) is 5.71. The van der Waals surface area contributed by atoms with Gasteiger partial charge in [-0.15, -0.1) is 12.4 Å². The predicted octanol–water partition coefficient (Wildman–Crippen LogP) is 2.16. The van der Waals surface area contributed by atoms with Crippen molar-refractivity contribution in [3.8, 4) is 0 Å². The van der Waals surface area contributed by atoms with E-state index in [4.69, 9.17) is 4.42 Å². The third kappa shape index (κ3) is 4.84. The van der Waals surface area contributed by atoms with Gasteiger partial charge in [-0.2, -0.15) is 0 Å². The zero-order chi connectivity index (χ0) is 17.0. The van der Waals surface area contributed by atoms with E-state index in [0.29, 0.717) is 12.1 Å². The quantitative estimate of drug-likeness (QED) is 0.824. The highest BCUT2D eigenvalue weighted by Gasteiger charge is 2.24. The summed E-state index contributed by atoms with van der Waals surface area (Å²) in [7, 11) is -3.52. The molecule has 2 aromatic rings. The Bertz CT molecular complexity index is 799. The van der Waals surface area contributed by atoms with Gasteiger partial charge in [0.05, 0.1) is 16.9 Å². The molecular weight excluding hydrogens is 364 g/mol. The highest BCUT2D eigenvalue weighted by Crippen LogP contribution is 2.20. The number of hydrogen-bond donors (Lipinski definition) is 2. The average Bonchev–Trinajstić information content (AvgIpc) is 3.04. The number of piperidine rings is 1. The van der Waals surface area contributed by atoms with Crippen molar-refractivity contribution in [1.82, 2.24) is 10.6 Å². The minimum atomic E-state index is -3.52. The monoisotopic (exact) mass is 384 g/mol. The lowest BCUT2D eigenvalue weighted by atomic mass is 10.1. The molecule has 1 fully saturated rings. The van der Waals surface area contributed by atoms with Crippen LogP contribution >= 0.6 is 12.4 Å². The van der Waals surface area contributed by atoms with Gasteiger partial charge in [0.15, 0.2) is 15.6 Å². The highest BCUT2D eigenvalue weighted by atomic mass is 35.5. The molecule has 0 spiro atoms. The number of rotatable bonds is 5. The first-order chi connectivity index (χ1) is 11.6. The molecule has 8 heteroatoms. The molecule has 2 N–H and O–H groups in total. The fraction of sp³-hybridized carbons (Fsp3) is 0.353. The lowest BCUT2D eigenvalue weighted by molar-refractivity contribution is 0.0901. The third-order valence-electron chi connectivity index (χ3n) is 4.03. The smallest absolute Gasteiger partial charge is 0.287 e. The molecule has 0 radical (unpaired) electrons. The van der Waals surface area contributed by atoms with Gasteiger partial charge in [-0.05, 0) is 37.6 Å². The first-order valence-corrected chi connectivity index (χ1v) is 9.57. The van der Waals surface area contributed by atoms with Crippen LogP contribution < -0.4 is 10.6 Å². The van der Waals surface area contributed by atoms with E-state index in [-0.39, 0.29) is 40.8 Å². The van der Waals surface area contributed by atoms with Crippen LogP contribution in [0.25, 0.3) is 0 Å². The molecule has 3 rings (SSSR count). The summed E-state index contributed by atoms with van der Waals surface area (Å²) in [6.07, 6.45) is 3.25. The first kappa shape index (κ1) is 19.5. The molecule has 1 amide bonds. The number of halogens is 1. The first-order valence-electron chi connectivity index (χ1n) is 7.92.